The molecule has 154 valence electrons. The van der Waals surface area contributed by atoms with Crippen LogP contribution in [0.4, 0.5) is 0 Å². The van der Waals surface area contributed by atoms with Gasteiger partial charge in [0.05, 0.1) is 10.9 Å². The number of hydrogen-bond acceptors (Lipinski definition) is 3. The van der Waals surface area contributed by atoms with Gasteiger partial charge in [-0.05, 0) is 42.7 Å². The molecule has 0 bridgehead atoms. The second-order valence-electron chi connectivity index (χ2n) is 7.70. The Labute approximate surface area is 175 Å². The smallest absolute Gasteiger partial charge is 0.336 e. The summed E-state index contributed by atoms with van der Waals surface area (Å²) in [6, 6.07) is 13.1. The van der Waals surface area contributed by atoms with Crippen molar-refractivity contribution in [3.05, 3.63) is 65.1 Å². The third kappa shape index (κ3) is 3.52. The second kappa shape index (κ2) is 8.19. The number of aryl methyl sites for hydroxylation is 2. The van der Waals surface area contributed by atoms with E-state index in [4.69, 9.17) is 4.42 Å². The fraction of sp³-hybridized carbons (Fsp3) is 0.280. The molecule has 2 heterocycles. The number of fused-ring (bicyclic) bond motifs is 2. The lowest BCUT2D eigenvalue weighted by molar-refractivity contribution is 0.0697. The molecular weight excluding hydrogens is 376 g/mol. The minimum absolute atomic E-state index is 0.280. The molecule has 0 fully saturated rings. The third-order valence-electron chi connectivity index (χ3n) is 5.49. The quantitative estimate of drug-likeness (QED) is 0.424. The summed E-state index contributed by atoms with van der Waals surface area (Å²) in [5.41, 5.74) is 4.51. The standard InChI is InChI=1S/C25H26N2O3/c1-4-5-8-13-26-17-11-12-20-21(14-17)30-24-22(16(2)15-27(24)3)23(20)18-9-6-7-10-19(18)25(28)29/h6-7,9-12,14-15H,4-5,8,13H2,1-3H3,(H,28,29). The first-order valence-corrected chi connectivity index (χ1v) is 10.4. The van der Waals surface area contributed by atoms with Crippen molar-refractivity contribution >= 4 is 17.1 Å². The first kappa shape index (κ1) is 20.0. The zero-order chi connectivity index (χ0) is 21.3. The predicted molar refractivity (Wildman–Crippen MR) is 119 cm³/mol. The van der Waals surface area contributed by atoms with Gasteiger partial charge in [-0.3, -0.25) is 4.99 Å². The van der Waals surface area contributed by atoms with Gasteiger partial charge >= 0.3 is 5.97 Å². The molecule has 1 aliphatic heterocycles. The molecule has 2 aromatic rings. The Morgan fingerprint density at radius 2 is 1.93 bits per heavy atom. The number of unbranched alkanes of at least 4 members (excludes halogenated alkanes) is 2. The van der Waals surface area contributed by atoms with E-state index in [0.717, 1.165) is 46.1 Å². The average molecular weight is 402 g/mol. The predicted octanol–water partition coefficient (Wildman–Crippen LogP) is 5.64. The summed E-state index contributed by atoms with van der Waals surface area (Å²) < 4.78 is 8.23. The number of nitrogens with zero attached hydrogens (tertiary/aromatic N) is 2. The molecule has 0 saturated heterocycles. The zero-order valence-electron chi connectivity index (χ0n) is 17.6. The van der Waals surface area contributed by atoms with Crippen LogP contribution in [-0.4, -0.2) is 22.2 Å². The Hall–Kier alpha value is -3.34. The molecule has 5 heteroatoms. The number of aromatic nitrogens is 1. The van der Waals surface area contributed by atoms with E-state index >= 15 is 0 Å². The van der Waals surface area contributed by atoms with E-state index in [2.05, 4.69) is 11.9 Å². The highest BCUT2D eigenvalue weighted by atomic mass is 16.4. The van der Waals surface area contributed by atoms with Crippen LogP contribution in [0.25, 0.3) is 33.6 Å². The number of carboxylic acid groups (broad SMARTS) is 1. The molecule has 0 spiro atoms. The Kier molecular flexibility index (Phi) is 5.44. The lowest BCUT2D eigenvalue weighted by Crippen LogP contribution is -2.05. The zero-order valence-corrected chi connectivity index (χ0v) is 17.6. The van der Waals surface area contributed by atoms with E-state index in [1.54, 1.807) is 12.1 Å². The number of rotatable bonds is 6. The molecule has 1 N–H and O–H groups in total. The number of benzene rings is 2. The lowest BCUT2D eigenvalue weighted by atomic mass is 9.91. The molecule has 1 aliphatic carbocycles. The van der Waals surface area contributed by atoms with Crippen molar-refractivity contribution in [3.8, 4) is 22.5 Å². The highest BCUT2D eigenvalue weighted by Crippen LogP contribution is 2.42. The van der Waals surface area contributed by atoms with Crippen LogP contribution in [0.1, 0.15) is 42.1 Å². The summed E-state index contributed by atoms with van der Waals surface area (Å²) in [4.78, 5) is 16.6. The van der Waals surface area contributed by atoms with Gasteiger partial charge in [0.25, 0.3) is 0 Å². The van der Waals surface area contributed by atoms with Gasteiger partial charge < -0.3 is 14.1 Å². The van der Waals surface area contributed by atoms with Crippen LogP contribution < -0.4 is 5.36 Å². The highest BCUT2D eigenvalue weighted by molar-refractivity contribution is 6.08. The number of hydrogen-bond donors (Lipinski definition) is 1. The van der Waals surface area contributed by atoms with Crippen LogP contribution in [0.5, 0.6) is 0 Å². The summed E-state index contributed by atoms with van der Waals surface area (Å²) in [5.74, 6) is -0.237. The molecule has 1 aromatic carbocycles. The van der Waals surface area contributed by atoms with Crippen molar-refractivity contribution in [2.75, 3.05) is 6.54 Å². The van der Waals surface area contributed by atoms with Crippen LogP contribution >= 0.6 is 0 Å². The molecule has 4 rings (SSSR count). The van der Waals surface area contributed by atoms with Gasteiger partial charge in [0, 0.05) is 42.4 Å². The van der Waals surface area contributed by atoms with Crippen LogP contribution in [0.3, 0.4) is 0 Å². The summed E-state index contributed by atoms with van der Waals surface area (Å²) in [5, 5.41) is 11.6. The molecular formula is C25H26N2O3. The van der Waals surface area contributed by atoms with Crippen molar-refractivity contribution < 1.29 is 14.3 Å². The largest absolute Gasteiger partial charge is 0.478 e. The monoisotopic (exact) mass is 402 g/mol. The number of aromatic carboxylic acids is 1. The molecule has 1 aromatic heterocycles. The highest BCUT2D eigenvalue weighted by Gasteiger charge is 2.23. The molecule has 0 saturated carbocycles. The first-order valence-electron chi connectivity index (χ1n) is 10.4. The van der Waals surface area contributed by atoms with Crippen molar-refractivity contribution in [1.82, 2.24) is 4.57 Å². The molecule has 0 amide bonds. The van der Waals surface area contributed by atoms with Crippen molar-refractivity contribution in [2.45, 2.75) is 33.1 Å². The fourth-order valence-electron chi connectivity index (χ4n) is 4.06. The number of carbonyl (C=O) groups is 1. The first-order chi connectivity index (χ1) is 14.5. The van der Waals surface area contributed by atoms with E-state index in [1.165, 1.54) is 12.8 Å². The second-order valence-corrected chi connectivity index (χ2v) is 7.70. The van der Waals surface area contributed by atoms with E-state index in [0.29, 0.717) is 11.3 Å². The normalized spacial score (nSPS) is 12.2. The Bertz CT molecular complexity index is 1260. The molecule has 0 unspecified atom stereocenters. The summed E-state index contributed by atoms with van der Waals surface area (Å²) in [6.07, 6.45) is 5.41. The Morgan fingerprint density at radius 3 is 2.70 bits per heavy atom. The van der Waals surface area contributed by atoms with Gasteiger partial charge in [0.2, 0.25) is 5.71 Å². The van der Waals surface area contributed by atoms with E-state index in [1.807, 2.05) is 55.1 Å². The maximum atomic E-state index is 11.9. The third-order valence-corrected chi connectivity index (χ3v) is 5.49. The van der Waals surface area contributed by atoms with Crippen molar-refractivity contribution in [2.24, 2.45) is 12.0 Å². The molecule has 2 aliphatic rings. The van der Waals surface area contributed by atoms with Gasteiger partial charge in [0.15, 0.2) is 0 Å². The van der Waals surface area contributed by atoms with Crippen LogP contribution in [0.2, 0.25) is 0 Å². The minimum Gasteiger partial charge on any atom is -0.478 e. The van der Waals surface area contributed by atoms with Gasteiger partial charge in [-0.1, -0.05) is 38.0 Å². The van der Waals surface area contributed by atoms with Gasteiger partial charge in [-0.2, -0.15) is 0 Å². The molecule has 5 nitrogen and oxygen atoms in total. The molecule has 30 heavy (non-hydrogen) atoms. The van der Waals surface area contributed by atoms with E-state index in [9.17, 15) is 9.90 Å². The lowest BCUT2D eigenvalue weighted by Gasteiger charge is -2.16. The average Bonchev–Trinajstić information content (AvgIpc) is 3.02. The van der Waals surface area contributed by atoms with Crippen molar-refractivity contribution in [1.29, 1.82) is 0 Å². The van der Waals surface area contributed by atoms with Crippen LogP contribution in [-0.2, 0) is 7.05 Å². The van der Waals surface area contributed by atoms with E-state index in [-0.39, 0.29) is 5.56 Å². The Morgan fingerprint density at radius 1 is 1.13 bits per heavy atom. The summed E-state index contributed by atoms with van der Waals surface area (Å²) in [7, 11) is 1.94. The summed E-state index contributed by atoms with van der Waals surface area (Å²) >= 11 is 0. The molecule has 0 atom stereocenters. The van der Waals surface area contributed by atoms with Crippen molar-refractivity contribution in [3.63, 3.8) is 0 Å². The van der Waals surface area contributed by atoms with Gasteiger partial charge in [0.1, 0.15) is 5.76 Å². The SMILES string of the molecule is CCCCCN=c1ccc2c(-c3ccccc3C(=O)O)c3c(C)cn(C)c3oc-2c1. The van der Waals surface area contributed by atoms with Gasteiger partial charge in [-0.25, -0.2) is 4.79 Å². The van der Waals surface area contributed by atoms with Crippen LogP contribution in [0.15, 0.2) is 58.1 Å². The number of carboxylic acids is 1. The fourth-order valence-corrected chi connectivity index (χ4v) is 4.06. The van der Waals surface area contributed by atoms with E-state index < -0.39 is 5.97 Å². The maximum absolute atomic E-state index is 11.9. The minimum atomic E-state index is -0.941. The van der Waals surface area contributed by atoms with Gasteiger partial charge in [-0.15, -0.1) is 0 Å². The Balaban J connectivity index is 2.02. The van der Waals surface area contributed by atoms with Crippen LogP contribution in [0, 0.1) is 6.92 Å². The summed E-state index contributed by atoms with van der Waals surface area (Å²) in [6.45, 7) is 4.99. The molecule has 0 radical (unpaired) electrons. The maximum Gasteiger partial charge on any atom is 0.336 e. The topological polar surface area (TPSA) is 67.7 Å².